The molecule has 90 valence electrons. The van der Waals surface area contributed by atoms with Gasteiger partial charge in [-0.2, -0.15) is 11.8 Å². The third-order valence-corrected chi connectivity index (χ3v) is 3.46. The maximum Gasteiger partial charge on any atom is 0.123 e. The lowest BCUT2D eigenvalue weighted by atomic mass is 10.1. The van der Waals surface area contributed by atoms with Crippen molar-refractivity contribution in [2.24, 2.45) is 5.84 Å². The van der Waals surface area contributed by atoms with Crippen molar-refractivity contribution in [3.63, 3.8) is 0 Å². The molecule has 1 atom stereocenters. The fourth-order valence-corrected chi connectivity index (χ4v) is 2.21. The number of nitrogen functional groups attached to an aromatic ring is 1. The number of hydrogen-bond donors (Lipinski definition) is 3. The van der Waals surface area contributed by atoms with Gasteiger partial charge < -0.3 is 5.73 Å². The minimum Gasteiger partial charge on any atom is -0.384 e. The Bertz CT molecular complexity index is 317. The standard InChI is InChI=1S/C11H20N4S/c1-8(2)16-7-10(15-13)5-9-3-4-14-11(12)6-9/h3-4,6,8,10,15H,5,7,13H2,1-2H3,(H2,12,14). The monoisotopic (exact) mass is 240 g/mol. The summed E-state index contributed by atoms with van der Waals surface area (Å²) < 4.78 is 0. The van der Waals surface area contributed by atoms with Crippen LogP contribution in [0.2, 0.25) is 0 Å². The van der Waals surface area contributed by atoms with Gasteiger partial charge in [0.25, 0.3) is 0 Å². The van der Waals surface area contributed by atoms with Crippen molar-refractivity contribution < 1.29 is 0 Å². The Morgan fingerprint density at radius 2 is 2.25 bits per heavy atom. The first-order chi connectivity index (χ1) is 7.61. The molecule has 1 aromatic heterocycles. The first-order valence-corrected chi connectivity index (χ1v) is 6.45. The molecule has 0 spiro atoms. The molecule has 1 aromatic rings. The molecule has 0 aliphatic rings. The average Bonchev–Trinajstić information content (AvgIpc) is 2.24. The van der Waals surface area contributed by atoms with Gasteiger partial charge in [0.05, 0.1) is 0 Å². The van der Waals surface area contributed by atoms with Crippen LogP contribution in [0, 0.1) is 0 Å². The van der Waals surface area contributed by atoms with Gasteiger partial charge in [-0.05, 0) is 29.4 Å². The van der Waals surface area contributed by atoms with Crippen molar-refractivity contribution in [3.05, 3.63) is 23.9 Å². The van der Waals surface area contributed by atoms with Crippen LogP contribution < -0.4 is 17.0 Å². The molecular weight excluding hydrogens is 220 g/mol. The summed E-state index contributed by atoms with van der Waals surface area (Å²) in [5, 5.41) is 0.623. The van der Waals surface area contributed by atoms with E-state index in [-0.39, 0.29) is 6.04 Å². The molecule has 0 radical (unpaired) electrons. The number of thioether (sulfide) groups is 1. The van der Waals surface area contributed by atoms with Gasteiger partial charge in [0, 0.05) is 18.0 Å². The maximum atomic E-state index is 5.63. The summed E-state index contributed by atoms with van der Waals surface area (Å²) >= 11 is 1.90. The van der Waals surface area contributed by atoms with Crippen LogP contribution in [0.5, 0.6) is 0 Å². The van der Waals surface area contributed by atoms with E-state index in [2.05, 4.69) is 24.3 Å². The molecule has 0 bridgehead atoms. The van der Waals surface area contributed by atoms with Gasteiger partial charge in [0.2, 0.25) is 0 Å². The zero-order valence-corrected chi connectivity index (χ0v) is 10.6. The topological polar surface area (TPSA) is 77.0 Å². The molecule has 1 heterocycles. The Morgan fingerprint density at radius 3 is 2.81 bits per heavy atom. The zero-order valence-electron chi connectivity index (χ0n) is 9.81. The second-order valence-electron chi connectivity index (χ2n) is 4.04. The summed E-state index contributed by atoms with van der Waals surface area (Å²) in [6, 6.07) is 4.14. The molecule has 0 aliphatic heterocycles. The Balaban J connectivity index is 2.49. The van der Waals surface area contributed by atoms with Crippen LogP contribution in [0.3, 0.4) is 0 Å². The summed E-state index contributed by atoms with van der Waals surface area (Å²) in [4.78, 5) is 3.97. The highest BCUT2D eigenvalue weighted by Gasteiger charge is 2.09. The molecule has 5 N–H and O–H groups in total. The highest BCUT2D eigenvalue weighted by molar-refractivity contribution is 7.99. The molecule has 16 heavy (non-hydrogen) atoms. The fraction of sp³-hybridized carbons (Fsp3) is 0.545. The second-order valence-corrected chi connectivity index (χ2v) is 5.65. The maximum absolute atomic E-state index is 5.63. The molecule has 5 heteroatoms. The molecule has 0 saturated heterocycles. The summed E-state index contributed by atoms with van der Waals surface area (Å²) in [5.41, 5.74) is 9.64. The third kappa shape index (κ3) is 4.83. The van der Waals surface area contributed by atoms with Gasteiger partial charge in [-0.15, -0.1) is 0 Å². The lowest BCUT2D eigenvalue weighted by molar-refractivity contribution is 0.575. The Labute approximate surface area is 101 Å². The Hall–Kier alpha value is -0.780. The van der Waals surface area contributed by atoms with E-state index in [1.807, 2.05) is 23.9 Å². The fourth-order valence-electron chi connectivity index (χ4n) is 1.38. The van der Waals surface area contributed by atoms with Crippen molar-refractivity contribution in [1.29, 1.82) is 0 Å². The third-order valence-electron chi connectivity index (χ3n) is 2.19. The van der Waals surface area contributed by atoms with Crippen molar-refractivity contribution in [1.82, 2.24) is 10.4 Å². The number of rotatable bonds is 6. The number of pyridine rings is 1. The number of nitrogens with zero attached hydrogens (tertiary/aromatic N) is 1. The Kier molecular flexibility index (Phi) is 5.59. The first-order valence-electron chi connectivity index (χ1n) is 5.40. The second kappa shape index (κ2) is 6.73. The summed E-state index contributed by atoms with van der Waals surface area (Å²) in [6.07, 6.45) is 2.61. The Morgan fingerprint density at radius 1 is 1.50 bits per heavy atom. The van der Waals surface area contributed by atoms with Gasteiger partial charge in [-0.1, -0.05) is 13.8 Å². The van der Waals surface area contributed by atoms with Crippen LogP contribution in [0.1, 0.15) is 19.4 Å². The van der Waals surface area contributed by atoms with Gasteiger partial charge in [-0.25, -0.2) is 4.98 Å². The SMILES string of the molecule is CC(C)SCC(Cc1ccnc(N)c1)NN. The van der Waals surface area contributed by atoms with Crippen LogP contribution in [0.15, 0.2) is 18.3 Å². The number of nitrogens with two attached hydrogens (primary N) is 2. The van der Waals surface area contributed by atoms with E-state index in [0.717, 1.165) is 12.2 Å². The molecular formula is C11H20N4S. The lowest BCUT2D eigenvalue weighted by Gasteiger charge is -2.16. The minimum absolute atomic E-state index is 0.272. The van der Waals surface area contributed by atoms with Gasteiger partial charge >= 0.3 is 0 Å². The highest BCUT2D eigenvalue weighted by Crippen LogP contribution is 2.13. The normalized spacial score (nSPS) is 13.0. The number of anilines is 1. The van der Waals surface area contributed by atoms with Crippen LogP contribution in [0.4, 0.5) is 5.82 Å². The van der Waals surface area contributed by atoms with Gasteiger partial charge in [0.1, 0.15) is 5.82 Å². The first kappa shape index (κ1) is 13.3. The van der Waals surface area contributed by atoms with E-state index < -0.39 is 0 Å². The van der Waals surface area contributed by atoms with E-state index >= 15 is 0 Å². The lowest BCUT2D eigenvalue weighted by Crippen LogP contribution is -2.39. The van der Waals surface area contributed by atoms with Gasteiger partial charge in [-0.3, -0.25) is 11.3 Å². The molecule has 1 unspecified atom stereocenters. The van der Waals surface area contributed by atoms with E-state index in [1.54, 1.807) is 6.20 Å². The molecule has 0 amide bonds. The van der Waals surface area contributed by atoms with Crippen LogP contribution >= 0.6 is 11.8 Å². The smallest absolute Gasteiger partial charge is 0.123 e. The van der Waals surface area contributed by atoms with E-state index in [9.17, 15) is 0 Å². The van der Waals surface area contributed by atoms with E-state index in [0.29, 0.717) is 11.1 Å². The molecule has 0 fully saturated rings. The average molecular weight is 240 g/mol. The van der Waals surface area contributed by atoms with E-state index in [1.165, 1.54) is 5.56 Å². The quantitative estimate of drug-likeness (QED) is 0.514. The largest absolute Gasteiger partial charge is 0.384 e. The molecule has 0 aromatic carbocycles. The number of aromatic nitrogens is 1. The predicted octanol–water partition coefficient (Wildman–Crippen LogP) is 1.18. The summed E-state index contributed by atoms with van der Waals surface area (Å²) in [6.45, 7) is 4.37. The molecule has 1 rings (SSSR count). The molecule has 0 aliphatic carbocycles. The van der Waals surface area contributed by atoms with Crippen LogP contribution in [-0.2, 0) is 6.42 Å². The van der Waals surface area contributed by atoms with Crippen molar-refractivity contribution in [2.45, 2.75) is 31.6 Å². The van der Waals surface area contributed by atoms with Gasteiger partial charge in [0.15, 0.2) is 0 Å². The van der Waals surface area contributed by atoms with Crippen LogP contribution in [-0.4, -0.2) is 22.0 Å². The summed E-state index contributed by atoms with van der Waals surface area (Å²) in [5.74, 6) is 7.09. The number of nitrogens with one attached hydrogen (secondary N) is 1. The molecule has 0 saturated carbocycles. The van der Waals surface area contributed by atoms with Crippen molar-refractivity contribution in [2.75, 3.05) is 11.5 Å². The summed E-state index contributed by atoms with van der Waals surface area (Å²) in [7, 11) is 0. The van der Waals surface area contributed by atoms with Crippen molar-refractivity contribution in [3.8, 4) is 0 Å². The molecule has 4 nitrogen and oxygen atoms in total. The van der Waals surface area contributed by atoms with Crippen LogP contribution in [0.25, 0.3) is 0 Å². The zero-order chi connectivity index (χ0) is 12.0. The number of hydrogen-bond acceptors (Lipinski definition) is 5. The minimum atomic E-state index is 0.272. The van der Waals surface area contributed by atoms with Crippen molar-refractivity contribution >= 4 is 17.6 Å². The number of hydrazine groups is 1. The van der Waals surface area contributed by atoms with E-state index in [4.69, 9.17) is 11.6 Å². The predicted molar refractivity (Wildman–Crippen MR) is 71.1 cm³/mol. The highest BCUT2D eigenvalue weighted by atomic mass is 32.2.